The van der Waals surface area contributed by atoms with Crippen molar-refractivity contribution in [2.24, 2.45) is 7.05 Å². The fraction of sp³-hybridized carbons (Fsp3) is 0.682. The van der Waals surface area contributed by atoms with Crippen LogP contribution in [-0.4, -0.2) is 61.7 Å². The normalized spacial score (nSPS) is 20.6. The number of hydrogen-bond donors (Lipinski definition) is 0. The molecule has 4 heterocycles. The Morgan fingerprint density at radius 2 is 1.79 bits per heavy atom. The number of carbonyl (C=O) groups excluding carboxylic acids is 1. The average molecular weight is 397 g/mol. The van der Waals surface area contributed by atoms with Crippen molar-refractivity contribution in [2.45, 2.75) is 64.5 Å². The van der Waals surface area contributed by atoms with Crippen LogP contribution in [0.3, 0.4) is 0 Å². The molecule has 0 N–H and O–H groups in total. The van der Waals surface area contributed by atoms with Crippen LogP contribution in [0.25, 0.3) is 0 Å². The van der Waals surface area contributed by atoms with Gasteiger partial charge in [0.25, 0.3) is 5.91 Å². The van der Waals surface area contributed by atoms with Gasteiger partial charge in [-0.15, -0.1) is 0 Å². The number of hydrogen-bond acceptors (Lipinski definition) is 4. The van der Waals surface area contributed by atoms with Crippen LogP contribution in [0.4, 0.5) is 0 Å². The van der Waals surface area contributed by atoms with Crippen molar-refractivity contribution in [2.75, 3.05) is 26.7 Å². The molecule has 3 aliphatic rings. The molecule has 2 aliphatic heterocycles. The van der Waals surface area contributed by atoms with Crippen molar-refractivity contribution in [3.05, 3.63) is 34.2 Å². The summed E-state index contributed by atoms with van der Waals surface area (Å²) < 4.78 is 4.17. The first-order chi connectivity index (χ1) is 14.0. The summed E-state index contributed by atoms with van der Waals surface area (Å²) in [5.41, 5.74) is 5.62. The first-order valence-corrected chi connectivity index (χ1v) is 11.1. The van der Waals surface area contributed by atoms with E-state index in [4.69, 9.17) is 4.98 Å². The van der Waals surface area contributed by atoms with Gasteiger partial charge in [-0.1, -0.05) is 0 Å². The van der Waals surface area contributed by atoms with Crippen LogP contribution in [-0.2, 0) is 33.0 Å². The lowest BCUT2D eigenvalue weighted by Gasteiger charge is -2.32. The fourth-order valence-corrected chi connectivity index (χ4v) is 5.46. The highest BCUT2D eigenvalue weighted by Gasteiger charge is 2.33. The van der Waals surface area contributed by atoms with E-state index < -0.39 is 0 Å². The quantitative estimate of drug-likeness (QED) is 0.781. The van der Waals surface area contributed by atoms with Gasteiger partial charge in [0.1, 0.15) is 11.5 Å². The molecule has 7 nitrogen and oxygen atoms in total. The number of aryl methyl sites for hydroxylation is 3. The smallest absolute Gasteiger partial charge is 0.272 e. The molecular weight excluding hydrogens is 364 g/mol. The highest BCUT2D eigenvalue weighted by Crippen LogP contribution is 2.33. The largest absolute Gasteiger partial charge is 0.330 e. The minimum absolute atomic E-state index is 0.141. The second kappa shape index (κ2) is 7.27. The third kappa shape index (κ3) is 3.19. The van der Waals surface area contributed by atoms with Crippen LogP contribution in [0, 0.1) is 6.92 Å². The Morgan fingerprint density at radius 3 is 2.59 bits per heavy atom. The van der Waals surface area contributed by atoms with E-state index in [-0.39, 0.29) is 5.91 Å². The Balaban J connectivity index is 1.43. The lowest BCUT2D eigenvalue weighted by Crippen LogP contribution is -2.40. The van der Waals surface area contributed by atoms with Gasteiger partial charge in [0.15, 0.2) is 0 Å². The molecule has 0 radical (unpaired) electrons. The molecule has 0 unspecified atom stereocenters. The number of rotatable bonds is 2. The zero-order chi connectivity index (χ0) is 20.1. The fourth-order valence-electron chi connectivity index (χ4n) is 5.46. The van der Waals surface area contributed by atoms with Gasteiger partial charge >= 0.3 is 0 Å². The number of nitrogens with zero attached hydrogens (tertiary/aromatic N) is 6. The molecule has 156 valence electrons. The molecule has 2 aromatic rings. The van der Waals surface area contributed by atoms with Gasteiger partial charge < -0.3 is 14.4 Å². The number of aromatic nitrogens is 4. The number of carbonyl (C=O) groups is 1. The molecule has 2 aromatic heterocycles. The zero-order valence-corrected chi connectivity index (χ0v) is 17.9. The summed E-state index contributed by atoms with van der Waals surface area (Å²) >= 11 is 0. The van der Waals surface area contributed by atoms with Gasteiger partial charge in [-0.3, -0.25) is 9.48 Å². The Labute approximate surface area is 172 Å². The molecule has 29 heavy (non-hydrogen) atoms. The van der Waals surface area contributed by atoms with Crippen LogP contribution in [0.15, 0.2) is 0 Å². The van der Waals surface area contributed by atoms with Crippen molar-refractivity contribution in [3.63, 3.8) is 0 Å². The van der Waals surface area contributed by atoms with Gasteiger partial charge in [0.05, 0.1) is 23.6 Å². The summed E-state index contributed by atoms with van der Waals surface area (Å²) in [4.78, 5) is 22.9. The number of amides is 1. The molecule has 1 aliphatic carbocycles. The Bertz CT molecular complexity index is 934. The molecular formula is C22H32N6O. The first-order valence-electron chi connectivity index (χ1n) is 11.1. The van der Waals surface area contributed by atoms with Crippen LogP contribution >= 0.6 is 0 Å². The molecule has 0 spiro atoms. The van der Waals surface area contributed by atoms with E-state index in [9.17, 15) is 4.79 Å². The summed E-state index contributed by atoms with van der Waals surface area (Å²) in [7, 11) is 4.12. The third-order valence-electron chi connectivity index (χ3n) is 7.14. The van der Waals surface area contributed by atoms with E-state index in [2.05, 4.69) is 28.5 Å². The maximum absolute atomic E-state index is 13.5. The first kappa shape index (κ1) is 18.9. The minimum Gasteiger partial charge on any atom is -0.330 e. The third-order valence-corrected chi connectivity index (χ3v) is 7.14. The summed E-state index contributed by atoms with van der Waals surface area (Å²) in [6.45, 7) is 6.61. The van der Waals surface area contributed by atoms with E-state index in [0.717, 1.165) is 75.5 Å². The number of likely N-dealkylation sites (tertiary alicyclic amines) is 1. The highest BCUT2D eigenvalue weighted by molar-refractivity contribution is 5.94. The molecule has 0 saturated carbocycles. The monoisotopic (exact) mass is 396 g/mol. The minimum atomic E-state index is 0.141. The second-order valence-corrected chi connectivity index (χ2v) is 9.05. The Kier molecular flexibility index (Phi) is 4.73. The Morgan fingerprint density at radius 1 is 1.03 bits per heavy atom. The van der Waals surface area contributed by atoms with Crippen molar-refractivity contribution < 1.29 is 4.79 Å². The average Bonchev–Trinajstić information content (AvgIpc) is 3.24. The van der Waals surface area contributed by atoms with Gasteiger partial charge in [0, 0.05) is 31.6 Å². The Hall–Kier alpha value is -2.15. The molecule has 1 amide bonds. The molecule has 5 rings (SSSR count). The van der Waals surface area contributed by atoms with E-state index in [1.807, 2.05) is 16.6 Å². The van der Waals surface area contributed by atoms with Gasteiger partial charge in [-0.25, -0.2) is 4.98 Å². The van der Waals surface area contributed by atoms with Crippen LogP contribution in [0.5, 0.6) is 0 Å². The summed E-state index contributed by atoms with van der Waals surface area (Å²) in [6.07, 6.45) is 6.63. The van der Waals surface area contributed by atoms with Gasteiger partial charge in [0.2, 0.25) is 0 Å². The highest BCUT2D eigenvalue weighted by atomic mass is 16.2. The second-order valence-electron chi connectivity index (χ2n) is 9.05. The van der Waals surface area contributed by atoms with E-state index >= 15 is 0 Å². The predicted octanol–water partition coefficient (Wildman–Crippen LogP) is 2.27. The van der Waals surface area contributed by atoms with E-state index in [1.165, 1.54) is 23.4 Å². The maximum Gasteiger partial charge on any atom is 0.272 e. The van der Waals surface area contributed by atoms with Crippen LogP contribution in [0.2, 0.25) is 0 Å². The number of fused-ring (bicyclic) bond motifs is 2. The van der Waals surface area contributed by atoms with Gasteiger partial charge in [-0.2, -0.15) is 5.10 Å². The van der Waals surface area contributed by atoms with Gasteiger partial charge in [-0.05, 0) is 65.6 Å². The van der Waals surface area contributed by atoms with Crippen LogP contribution in [0.1, 0.15) is 70.6 Å². The number of imidazole rings is 1. The van der Waals surface area contributed by atoms with E-state index in [0.29, 0.717) is 12.5 Å². The van der Waals surface area contributed by atoms with E-state index in [1.54, 1.807) is 0 Å². The van der Waals surface area contributed by atoms with Crippen molar-refractivity contribution in [1.82, 2.24) is 29.1 Å². The van der Waals surface area contributed by atoms with Crippen LogP contribution < -0.4 is 0 Å². The zero-order valence-electron chi connectivity index (χ0n) is 17.9. The van der Waals surface area contributed by atoms with Crippen molar-refractivity contribution in [3.8, 4) is 0 Å². The topological polar surface area (TPSA) is 59.2 Å². The molecule has 1 fully saturated rings. The molecule has 1 saturated heterocycles. The molecule has 0 aromatic carbocycles. The standard InChI is InChI=1S/C22H32N6O/c1-15-23-20(16-8-10-25(2)11-9-16)19-14-27(12-13-28(15)19)22(29)21-17-6-4-5-7-18(17)24-26(21)3/h16H,4-14H2,1-3H3. The maximum atomic E-state index is 13.5. The SMILES string of the molecule is Cc1nc(C2CCN(C)CC2)c2n1CCN(C(=O)c1c3c(nn1C)CCCC3)C2. The lowest BCUT2D eigenvalue weighted by atomic mass is 9.92. The van der Waals surface area contributed by atoms with Crippen molar-refractivity contribution >= 4 is 5.91 Å². The predicted molar refractivity (Wildman–Crippen MR) is 111 cm³/mol. The number of piperidine rings is 1. The summed E-state index contributed by atoms with van der Waals surface area (Å²) in [6, 6.07) is 0. The lowest BCUT2D eigenvalue weighted by molar-refractivity contribution is 0.0696. The molecule has 0 atom stereocenters. The van der Waals surface area contributed by atoms with Crippen molar-refractivity contribution in [1.29, 1.82) is 0 Å². The summed E-state index contributed by atoms with van der Waals surface area (Å²) in [5.74, 6) is 1.75. The molecule has 0 bridgehead atoms. The molecule has 7 heteroatoms. The summed E-state index contributed by atoms with van der Waals surface area (Å²) in [5, 5.41) is 4.66.